The van der Waals surface area contributed by atoms with E-state index in [0.717, 1.165) is 54.9 Å². The van der Waals surface area contributed by atoms with Gasteiger partial charge in [0.15, 0.2) is 0 Å². The summed E-state index contributed by atoms with van der Waals surface area (Å²) >= 11 is 0.898. The van der Waals surface area contributed by atoms with Crippen LogP contribution in [0.25, 0.3) is 11.1 Å². The predicted octanol–water partition coefficient (Wildman–Crippen LogP) is 12.7. The van der Waals surface area contributed by atoms with E-state index in [1.807, 2.05) is 0 Å². The minimum absolute atomic E-state index is 0.288. The SMILES string of the molecule is CC(C)C1[C-]=CC(C(C)(C)C)=C1.Cc1[c-]c2c(cc1C)-c1cc(C)c(C)cc1C2.FC(F)(F)c1ccc([C](=[Zr+2])c2ccc(C(F)(F)F)cc2)cc1. The third-order valence-electron chi connectivity index (χ3n) is 9.37. The number of benzene rings is 4. The van der Waals surface area contributed by atoms with Crippen LogP contribution in [0.4, 0.5) is 26.3 Å². The molecule has 0 aliphatic heterocycles. The molecule has 0 N–H and O–H groups in total. The van der Waals surface area contributed by atoms with Crippen molar-refractivity contribution in [2.24, 2.45) is 17.3 Å². The summed E-state index contributed by atoms with van der Waals surface area (Å²) in [5.41, 5.74) is 12.4. The summed E-state index contributed by atoms with van der Waals surface area (Å²) in [4.78, 5) is 0. The van der Waals surface area contributed by atoms with Crippen LogP contribution in [0.2, 0.25) is 0 Å². The van der Waals surface area contributed by atoms with E-state index in [1.54, 1.807) is 0 Å². The molecule has 0 saturated carbocycles. The Morgan fingerprint density at radius 2 is 1.18 bits per heavy atom. The van der Waals surface area contributed by atoms with Gasteiger partial charge in [-0.25, -0.2) is 6.08 Å². The van der Waals surface area contributed by atoms with E-state index in [2.05, 4.69) is 105 Å². The Balaban J connectivity index is 0.000000179. The van der Waals surface area contributed by atoms with E-state index in [-0.39, 0.29) is 5.41 Å². The van der Waals surface area contributed by atoms with Crippen LogP contribution in [0.5, 0.6) is 0 Å². The molecule has 266 valence electrons. The van der Waals surface area contributed by atoms with Crippen molar-refractivity contribution in [2.45, 2.75) is 81.1 Å². The van der Waals surface area contributed by atoms with Crippen LogP contribution in [-0.2, 0) is 43.0 Å². The molecule has 1 atom stereocenters. The number of rotatable bonds is 3. The molecule has 6 rings (SSSR count). The fourth-order valence-electron chi connectivity index (χ4n) is 5.79. The van der Waals surface area contributed by atoms with Crippen molar-refractivity contribution >= 4 is 3.21 Å². The zero-order chi connectivity index (χ0) is 38.1. The Morgan fingerprint density at radius 1 is 0.706 bits per heavy atom. The molecule has 7 heteroatoms. The first-order valence-electron chi connectivity index (χ1n) is 16.9. The quantitative estimate of drug-likeness (QED) is 0.126. The second-order valence-corrected chi connectivity index (χ2v) is 15.9. The van der Waals surface area contributed by atoms with Crippen molar-refractivity contribution in [3.63, 3.8) is 0 Å². The topological polar surface area (TPSA) is 0 Å². The van der Waals surface area contributed by atoms with Crippen molar-refractivity contribution in [3.05, 3.63) is 152 Å². The molecular formula is C44H44F6Zr. The molecule has 0 aromatic heterocycles. The molecule has 1 unspecified atom stereocenters. The molecule has 2 aliphatic carbocycles. The van der Waals surface area contributed by atoms with E-state index >= 15 is 0 Å². The summed E-state index contributed by atoms with van der Waals surface area (Å²) in [7, 11) is 0. The first kappa shape index (κ1) is 40.5. The Morgan fingerprint density at radius 3 is 1.59 bits per heavy atom. The van der Waals surface area contributed by atoms with Gasteiger partial charge in [0, 0.05) is 0 Å². The average molecular weight is 778 g/mol. The summed E-state index contributed by atoms with van der Waals surface area (Å²) in [6.45, 7) is 19.9. The van der Waals surface area contributed by atoms with Crippen molar-refractivity contribution in [1.29, 1.82) is 0 Å². The standard InChI is InChI=1S/C17H17.C15H8F6.C12H19.Zr/c1-10-5-14-9-15-6-11(2)13(4)8-17(15)16(14)7-12(10)3;16-14(17,18)12-5-1-10(2-6-12)9-11-3-7-13(8-4-11)15(19,20)21;1-9(2)10-6-7-11(8-10)12(3,4)5;/h5,7-8H,9H2,1-4H3;1-8H;7-10H,1-5H3;/q-1;;-1;+2. The van der Waals surface area contributed by atoms with E-state index in [4.69, 9.17) is 0 Å². The van der Waals surface area contributed by atoms with E-state index in [1.165, 1.54) is 74.3 Å². The van der Waals surface area contributed by atoms with Gasteiger partial charge in [0.1, 0.15) is 0 Å². The van der Waals surface area contributed by atoms with Crippen LogP contribution in [0.1, 0.15) is 90.3 Å². The molecule has 2 aliphatic rings. The first-order chi connectivity index (χ1) is 23.6. The van der Waals surface area contributed by atoms with Gasteiger partial charge in [-0.2, -0.15) is 34.9 Å². The minimum atomic E-state index is -4.41. The maximum atomic E-state index is 12.5. The molecule has 0 saturated heterocycles. The van der Waals surface area contributed by atoms with Crippen molar-refractivity contribution < 1.29 is 50.6 Å². The molecule has 0 spiro atoms. The van der Waals surface area contributed by atoms with Crippen LogP contribution < -0.4 is 0 Å². The number of allylic oxidation sites excluding steroid dienone is 4. The van der Waals surface area contributed by atoms with Gasteiger partial charge in [0.25, 0.3) is 0 Å². The van der Waals surface area contributed by atoms with Crippen LogP contribution in [0, 0.1) is 57.1 Å². The number of hydrogen-bond donors (Lipinski definition) is 0. The van der Waals surface area contributed by atoms with Crippen molar-refractivity contribution in [1.82, 2.24) is 0 Å². The zero-order valence-corrected chi connectivity index (χ0v) is 33.1. The molecule has 4 aromatic carbocycles. The maximum absolute atomic E-state index is 12.5. The third kappa shape index (κ3) is 10.2. The summed E-state index contributed by atoms with van der Waals surface area (Å²) in [6, 6.07) is 19.7. The Labute approximate surface area is 314 Å². The fourth-order valence-corrected chi connectivity index (χ4v) is 6.61. The third-order valence-corrected chi connectivity index (χ3v) is 10.8. The van der Waals surface area contributed by atoms with Crippen LogP contribution in [0.3, 0.4) is 0 Å². The second-order valence-electron chi connectivity index (χ2n) is 14.7. The number of aryl methyl sites for hydroxylation is 4. The van der Waals surface area contributed by atoms with Crippen LogP contribution >= 0.6 is 0 Å². The fraction of sp³-hybridized carbons (Fsp3) is 0.341. The zero-order valence-electron chi connectivity index (χ0n) is 30.6. The summed E-state index contributed by atoms with van der Waals surface area (Å²) in [5.74, 6) is 1.22. The Hall–Kier alpha value is -3.31. The van der Waals surface area contributed by atoms with Gasteiger partial charge in [0.05, 0.1) is 0 Å². The summed E-state index contributed by atoms with van der Waals surface area (Å²) in [5, 5.41) is 0. The molecule has 0 nitrogen and oxygen atoms in total. The number of hydrogen-bond acceptors (Lipinski definition) is 0. The van der Waals surface area contributed by atoms with E-state index in [0.29, 0.717) is 26.2 Å². The molecule has 0 amide bonds. The van der Waals surface area contributed by atoms with Gasteiger partial charge >= 0.3 is 137 Å². The van der Waals surface area contributed by atoms with Gasteiger partial charge in [0.2, 0.25) is 0 Å². The summed E-state index contributed by atoms with van der Waals surface area (Å²) in [6.07, 6.45) is 0.136. The Kier molecular flexibility index (Phi) is 12.5. The van der Waals surface area contributed by atoms with Gasteiger partial charge in [-0.15, -0.1) is 11.1 Å². The van der Waals surface area contributed by atoms with Crippen molar-refractivity contribution in [3.8, 4) is 11.1 Å². The molecule has 0 heterocycles. The molecule has 4 aromatic rings. The second kappa shape index (κ2) is 15.7. The van der Waals surface area contributed by atoms with Gasteiger partial charge < -0.3 is 0 Å². The number of fused-ring (bicyclic) bond motifs is 3. The molecule has 0 fully saturated rings. The number of halogens is 6. The first-order valence-corrected chi connectivity index (χ1v) is 18.2. The van der Waals surface area contributed by atoms with Crippen LogP contribution in [0.15, 0.2) is 84.5 Å². The van der Waals surface area contributed by atoms with Gasteiger partial charge in [-0.1, -0.05) is 83.4 Å². The van der Waals surface area contributed by atoms with Crippen molar-refractivity contribution in [2.75, 3.05) is 0 Å². The molecule has 51 heavy (non-hydrogen) atoms. The normalized spacial score (nSPS) is 15.0. The average Bonchev–Trinajstić information content (AvgIpc) is 3.67. The summed E-state index contributed by atoms with van der Waals surface area (Å²) < 4.78 is 75.6. The van der Waals surface area contributed by atoms with Gasteiger partial charge in [-0.3, -0.25) is 6.08 Å². The molecule has 0 bridgehead atoms. The van der Waals surface area contributed by atoms with Gasteiger partial charge in [-0.05, 0) is 37.0 Å². The van der Waals surface area contributed by atoms with Crippen LogP contribution in [-0.4, -0.2) is 3.21 Å². The molecule has 0 radical (unpaired) electrons. The number of alkyl halides is 6. The predicted molar refractivity (Wildman–Crippen MR) is 192 cm³/mol. The molecular weight excluding hydrogens is 734 g/mol. The van der Waals surface area contributed by atoms with E-state index in [9.17, 15) is 26.3 Å². The Bertz CT molecular complexity index is 1820. The van der Waals surface area contributed by atoms with E-state index < -0.39 is 23.5 Å². The monoisotopic (exact) mass is 776 g/mol.